The molecule has 0 aromatic carbocycles. The van der Waals surface area contributed by atoms with Crippen LogP contribution in [0.1, 0.15) is 45.2 Å². The number of likely N-dealkylation sites (tertiary alicyclic amines) is 1. The van der Waals surface area contributed by atoms with Gasteiger partial charge in [-0.3, -0.25) is 0 Å². The Hall–Kier alpha value is -2.09. The first kappa shape index (κ1) is 26.5. The number of ether oxygens (including phenoxy) is 1. The van der Waals surface area contributed by atoms with Gasteiger partial charge in [0.05, 0.1) is 23.9 Å². The van der Waals surface area contributed by atoms with E-state index in [1.807, 2.05) is 6.07 Å². The average Bonchev–Trinajstić information content (AvgIpc) is 3.19. The standard InChI is InChI=1S/C27H36ClN7OS/c1-3-34-12-7-19(8-13-34)4-5-20-23(28)21(6-11-31-20)37-26-25(30)33-22(16-32-26)35-14-9-27(10-15-35)17-36-18(2)24(27)29/h6,11,16,18-19,24H,3,7-10,12-15,17,29H2,1-2H3,(H2,30,33)/t18-,24+/m0/s1. The number of hydrogen-bond acceptors (Lipinski definition) is 9. The van der Waals surface area contributed by atoms with Gasteiger partial charge in [-0.2, -0.15) is 0 Å². The van der Waals surface area contributed by atoms with Crippen molar-refractivity contribution in [3.05, 3.63) is 29.2 Å². The molecular formula is C27H36ClN7OS. The largest absolute Gasteiger partial charge is 0.381 e. The van der Waals surface area contributed by atoms with E-state index in [-0.39, 0.29) is 17.6 Å². The van der Waals surface area contributed by atoms with E-state index in [9.17, 15) is 0 Å². The van der Waals surface area contributed by atoms with Gasteiger partial charge in [-0.05, 0) is 64.2 Å². The molecule has 198 valence electrons. The molecule has 10 heteroatoms. The summed E-state index contributed by atoms with van der Waals surface area (Å²) in [5, 5.41) is 1.15. The topological polar surface area (TPSA) is 106 Å². The molecule has 2 aromatic rings. The second-order valence-corrected chi connectivity index (χ2v) is 11.8. The summed E-state index contributed by atoms with van der Waals surface area (Å²) >= 11 is 8.09. The van der Waals surface area contributed by atoms with Crippen molar-refractivity contribution in [2.45, 2.75) is 61.6 Å². The lowest BCUT2D eigenvalue weighted by atomic mass is 9.73. The van der Waals surface area contributed by atoms with Gasteiger partial charge in [0.1, 0.15) is 16.5 Å². The van der Waals surface area contributed by atoms with E-state index in [1.54, 1.807) is 12.4 Å². The van der Waals surface area contributed by atoms with Gasteiger partial charge in [0.25, 0.3) is 0 Å². The third kappa shape index (κ3) is 5.69. The lowest BCUT2D eigenvalue weighted by Gasteiger charge is -2.41. The number of aromatic nitrogens is 3. The summed E-state index contributed by atoms with van der Waals surface area (Å²) in [4.78, 5) is 19.2. The molecule has 0 saturated carbocycles. The summed E-state index contributed by atoms with van der Waals surface area (Å²) in [5.74, 6) is 8.17. The second-order valence-electron chi connectivity index (χ2n) is 10.4. The van der Waals surface area contributed by atoms with E-state index in [0.717, 1.165) is 75.7 Å². The predicted octanol–water partition coefficient (Wildman–Crippen LogP) is 3.67. The van der Waals surface area contributed by atoms with Crippen LogP contribution in [-0.2, 0) is 4.74 Å². The first-order valence-electron chi connectivity index (χ1n) is 13.2. The van der Waals surface area contributed by atoms with Crippen molar-refractivity contribution in [1.82, 2.24) is 19.9 Å². The number of piperidine rings is 2. The molecule has 2 aromatic heterocycles. The van der Waals surface area contributed by atoms with Crippen molar-refractivity contribution in [3.63, 3.8) is 0 Å². The van der Waals surface area contributed by atoms with Gasteiger partial charge in [0.15, 0.2) is 5.82 Å². The molecule has 2 atom stereocenters. The summed E-state index contributed by atoms with van der Waals surface area (Å²) in [7, 11) is 0. The summed E-state index contributed by atoms with van der Waals surface area (Å²) in [6, 6.07) is 1.95. The first-order chi connectivity index (χ1) is 17.9. The van der Waals surface area contributed by atoms with Crippen LogP contribution in [-0.4, -0.2) is 71.3 Å². The Morgan fingerprint density at radius 1 is 1.22 bits per heavy atom. The minimum Gasteiger partial charge on any atom is -0.381 e. The number of anilines is 2. The Morgan fingerprint density at radius 3 is 2.62 bits per heavy atom. The smallest absolute Gasteiger partial charge is 0.158 e. The Kier molecular flexibility index (Phi) is 8.13. The van der Waals surface area contributed by atoms with E-state index in [2.05, 4.69) is 50.4 Å². The highest BCUT2D eigenvalue weighted by atomic mass is 35.5. The molecule has 5 rings (SSSR count). The zero-order valence-electron chi connectivity index (χ0n) is 21.6. The second kappa shape index (κ2) is 11.3. The monoisotopic (exact) mass is 541 g/mol. The Balaban J connectivity index is 1.23. The Labute approximate surface area is 228 Å². The van der Waals surface area contributed by atoms with Crippen molar-refractivity contribution in [3.8, 4) is 11.8 Å². The molecule has 3 aliphatic rings. The third-order valence-corrected chi connectivity index (χ3v) is 9.73. The van der Waals surface area contributed by atoms with Crippen molar-refractivity contribution in [1.29, 1.82) is 0 Å². The first-order valence-corrected chi connectivity index (χ1v) is 14.4. The molecule has 4 N–H and O–H groups in total. The maximum Gasteiger partial charge on any atom is 0.158 e. The number of pyridine rings is 1. The van der Waals surface area contributed by atoms with Gasteiger partial charge in [0.2, 0.25) is 0 Å². The lowest BCUT2D eigenvalue weighted by Crippen LogP contribution is -2.50. The maximum absolute atomic E-state index is 6.70. The lowest BCUT2D eigenvalue weighted by molar-refractivity contribution is 0.0974. The van der Waals surface area contributed by atoms with E-state index in [4.69, 9.17) is 27.8 Å². The van der Waals surface area contributed by atoms with Crippen molar-refractivity contribution < 1.29 is 4.74 Å². The van der Waals surface area contributed by atoms with E-state index in [1.165, 1.54) is 11.8 Å². The van der Waals surface area contributed by atoms with Crippen LogP contribution in [0.4, 0.5) is 11.6 Å². The van der Waals surface area contributed by atoms with E-state index in [0.29, 0.717) is 27.5 Å². The van der Waals surface area contributed by atoms with Gasteiger partial charge in [0, 0.05) is 41.6 Å². The summed E-state index contributed by atoms with van der Waals surface area (Å²) in [6.07, 6.45) is 7.77. The van der Waals surface area contributed by atoms with Gasteiger partial charge in [-0.1, -0.05) is 36.2 Å². The van der Waals surface area contributed by atoms with Crippen LogP contribution in [0.2, 0.25) is 5.02 Å². The predicted molar refractivity (Wildman–Crippen MR) is 149 cm³/mol. The number of rotatable bonds is 4. The van der Waals surface area contributed by atoms with E-state index < -0.39 is 0 Å². The SMILES string of the molecule is CCN1CCC(C#Cc2nccc(Sc3ncc(N4CCC5(CC4)CO[C@@H](C)[C@H]5N)nc3N)c2Cl)CC1. The maximum atomic E-state index is 6.70. The number of halogens is 1. The molecule has 5 heterocycles. The molecule has 0 bridgehead atoms. The van der Waals surface area contributed by atoms with Crippen molar-refractivity contribution in [2.24, 2.45) is 17.1 Å². The highest BCUT2D eigenvalue weighted by Crippen LogP contribution is 2.42. The fourth-order valence-electron chi connectivity index (χ4n) is 5.53. The van der Waals surface area contributed by atoms with Crippen LogP contribution in [0.3, 0.4) is 0 Å². The highest BCUT2D eigenvalue weighted by Gasteiger charge is 2.47. The van der Waals surface area contributed by atoms with Gasteiger partial charge < -0.3 is 26.0 Å². The van der Waals surface area contributed by atoms with Crippen molar-refractivity contribution >= 4 is 35.0 Å². The van der Waals surface area contributed by atoms with E-state index >= 15 is 0 Å². The molecule has 3 aliphatic heterocycles. The van der Waals surface area contributed by atoms with Crippen LogP contribution in [0.15, 0.2) is 28.4 Å². The summed E-state index contributed by atoms with van der Waals surface area (Å²) in [6.45, 7) is 10.0. The number of nitrogens with zero attached hydrogens (tertiary/aromatic N) is 5. The molecule has 37 heavy (non-hydrogen) atoms. The normalized spacial score (nSPS) is 24.3. The van der Waals surface area contributed by atoms with Crippen LogP contribution in [0.25, 0.3) is 0 Å². The Bertz CT molecular complexity index is 1170. The zero-order chi connectivity index (χ0) is 26.0. The molecule has 0 radical (unpaired) electrons. The van der Waals surface area contributed by atoms with Crippen molar-refractivity contribution in [2.75, 3.05) is 50.0 Å². The minimum atomic E-state index is 0.0657. The molecule has 0 aliphatic carbocycles. The highest BCUT2D eigenvalue weighted by molar-refractivity contribution is 7.99. The summed E-state index contributed by atoms with van der Waals surface area (Å²) in [5.41, 5.74) is 13.5. The molecule has 8 nitrogen and oxygen atoms in total. The quantitative estimate of drug-likeness (QED) is 0.560. The molecule has 3 fully saturated rings. The Morgan fingerprint density at radius 2 is 1.97 bits per heavy atom. The van der Waals surface area contributed by atoms with Crippen LogP contribution >= 0.6 is 23.4 Å². The molecule has 3 saturated heterocycles. The average molecular weight is 542 g/mol. The summed E-state index contributed by atoms with van der Waals surface area (Å²) < 4.78 is 5.84. The van der Waals surface area contributed by atoms with Gasteiger partial charge >= 0.3 is 0 Å². The zero-order valence-corrected chi connectivity index (χ0v) is 23.2. The number of hydrogen-bond donors (Lipinski definition) is 2. The molecular weight excluding hydrogens is 506 g/mol. The van der Waals surface area contributed by atoms with Gasteiger partial charge in [-0.25, -0.2) is 15.0 Å². The molecule has 0 unspecified atom stereocenters. The van der Waals surface area contributed by atoms with Crippen LogP contribution in [0.5, 0.6) is 0 Å². The number of nitrogen functional groups attached to an aromatic ring is 1. The van der Waals surface area contributed by atoms with Crippen LogP contribution in [0, 0.1) is 23.2 Å². The third-order valence-electron chi connectivity index (χ3n) is 8.17. The molecule has 0 amide bonds. The fourth-order valence-corrected chi connectivity index (χ4v) is 6.58. The fraction of sp³-hybridized carbons (Fsp3) is 0.593. The minimum absolute atomic E-state index is 0.0657. The van der Waals surface area contributed by atoms with Gasteiger partial charge in [-0.15, -0.1) is 0 Å². The van der Waals surface area contributed by atoms with Crippen LogP contribution < -0.4 is 16.4 Å². The number of nitrogens with two attached hydrogens (primary N) is 2. The molecule has 1 spiro atoms.